The maximum absolute atomic E-state index is 9.34. The highest BCUT2D eigenvalue weighted by molar-refractivity contribution is 4.97. The second-order valence-corrected chi connectivity index (χ2v) is 6.05. The highest BCUT2D eigenvalue weighted by Gasteiger charge is 2.39. The van der Waals surface area contributed by atoms with Gasteiger partial charge in [0, 0.05) is 24.7 Å². The summed E-state index contributed by atoms with van der Waals surface area (Å²) in [4.78, 5) is 2.54. The molecule has 4 nitrogen and oxygen atoms in total. The molecule has 2 rings (SSSR count). The van der Waals surface area contributed by atoms with Gasteiger partial charge in [-0.05, 0) is 45.1 Å². The molecule has 3 unspecified atom stereocenters. The van der Waals surface area contributed by atoms with Crippen molar-refractivity contribution in [3.63, 3.8) is 0 Å². The molecule has 1 heterocycles. The van der Waals surface area contributed by atoms with Gasteiger partial charge in [-0.25, -0.2) is 0 Å². The number of aliphatic hydroxyl groups excluding tert-OH is 1. The fraction of sp³-hybridized carbons (Fsp3) is 1.00. The SMILES string of the molecule is CCCOC1CCCN(C2CCC(N)(CO)C2)C1. The van der Waals surface area contributed by atoms with E-state index in [-0.39, 0.29) is 12.1 Å². The van der Waals surface area contributed by atoms with Crippen LogP contribution < -0.4 is 5.73 Å². The van der Waals surface area contributed by atoms with Crippen molar-refractivity contribution in [2.24, 2.45) is 5.73 Å². The fourth-order valence-electron chi connectivity index (χ4n) is 3.30. The molecular formula is C14H28N2O2. The van der Waals surface area contributed by atoms with Crippen molar-refractivity contribution in [2.45, 2.75) is 63.1 Å². The zero-order valence-corrected chi connectivity index (χ0v) is 11.6. The lowest BCUT2D eigenvalue weighted by Crippen LogP contribution is -2.47. The third kappa shape index (κ3) is 3.44. The minimum absolute atomic E-state index is 0.118. The van der Waals surface area contributed by atoms with E-state index in [2.05, 4.69) is 11.8 Å². The molecule has 0 bridgehead atoms. The number of ether oxygens (including phenoxy) is 1. The minimum Gasteiger partial charge on any atom is -0.394 e. The first kappa shape index (κ1) is 14.3. The second kappa shape index (κ2) is 6.33. The second-order valence-electron chi connectivity index (χ2n) is 6.05. The van der Waals surface area contributed by atoms with E-state index in [9.17, 15) is 5.11 Å². The number of hydrogen-bond donors (Lipinski definition) is 2. The molecule has 1 aliphatic carbocycles. The fourth-order valence-corrected chi connectivity index (χ4v) is 3.30. The third-order valence-corrected chi connectivity index (χ3v) is 4.42. The Labute approximate surface area is 110 Å². The van der Waals surface area contributed by atoms with Crippen LogP contribution >= 0.6 is 0 Å². The van der Waals surface area contributed by atoms with Crippen LogP contribution in [0.3, 0.4) is 0 Å². The van der Waals surface area contributed by atoms with Gasteiger partial charge in [-0.1, -0.05) is 6.92 Å². The maximum Gasteiger partial charge on any atom is 0.0702 e. The van der Waals surface area contributed by atoms with E-state index >= 15 is 0 Å². The van der Waals surface area contributed by atoms with E-state index in [1.165, 1.54) is 12.8 Å². The van der Waals surface area contributed by atoms with Crippen LogP contribution in [0.1, 0.15) is 45.4 Å². The number of likely N-dealkylation sites (tertiary alicyclic amines) is 1. The molecule has 1 aliphatic heterocycles. The molecule has 0 radical (unpaired) electrons. The van der Waals surface area contributed by atoms with Gasteiger partial charge in [-0.2, -0.15) is 0 Å². The first-order chi connectivity index (χ1) is 8.67. The first-order valence-electron chi connectivity index (χ1n) is 7.42. The van der Waals surface area contributed by atoms with Gasteiger partial charge in [0.1, 0.15) is 0 Å². The van der Waals surface area contributed by atoms with Gasteiger partial charge >= 0.3 is 0 Å². The maximum atomic E-state index is 9.34. The van der Waals surface area contributed by atoms with Crippen LogP contribution in [0.25, 0.3) is 0 Å². The lowest BCUT2D eigenvalue weighted by atomic mass is 9.99. The molecule has 3 N–H and O–H groups in total. The Hall–Kier alpha value is -0.160. The van der Waals surface area contributed by atoms with Crippen molar-refractivity contribution in [3.8, 4) is 0 Å². The monoisotopic (exact) mass is 256 g/mol. The quantitative estimate of drug-likeness (QED) is 0.774. The minimum atomic E-state index is -0.331. The van der Waals surface area contributed by atoms with Gasteiger partial charge in [0.2, 0.25) is 0 Å². The largest absolute Gasteiger partial charge is 0.394 e. The van der Waals surface area contributed by atoms with Crippen LogP contribution in [-0.2, 0) is 4.74 Å². The first-order valence-corrected chi connectivity index (χ1v) is 7.42. The highest BCUT2D eigenvalue weighted by Crippen LogP contribution is 2.32. The molecule has 3 atom stereocenters. The molecule has 18 heavy (non-hydrogen) atoms. The lowest BCUT2D eigenvalue weighted by Gasteiger charge is -2.37. The number of nitrogens with zero attached hydrogens (tertiary/aromatic N) is 1. The van der Waals surface area contributed by atoms with E-state index in [0.717, 1.165) is 45.4 Å². The lowest BCUT2D eigenvalue weighted by molar-refractivity contribution is -0.0127. The average Bonchev–Trinajstić information content (AvgIpc) is 2.80. The van der Waals surface area contributed by atoms with Crippen molar-refractivity contribution < 1.29 is 9.84 Å². The van der Waals surface area contributed by atoms with E-state index in [4.69, 9.17) is 10.5 Å². The standard InChI is InChI=1S/C14H28N2O2/c1-2-8-18-13-4-3-7-16(10-13)12-5-6-14(15,9-12)11-17/h12-13,17H,2-11,15H2,1H3. The van der Waals surface area contributed by atoms with E-state index in [1.807, 2.05) is 0 Å². The predicted octanol–water partition coefficient (Wildman–Crippen LogP) is 1.12. The molecule has 0 aromatic carbocycles. The van der Waals surface area contributed by atoms with Gasteiger partial charge in [0.15, 0.2) is 0 Å². The number of hydrogen-bond acceptors (Lipinski definition) is 4. The molecule has 2 fully saturated rings. The number of piperidine rings is 1. The van der Waals surface area contributed by atoms with Gasteiger partial charge in [-0.3, -0.25) is 4.90 Å². The topological polar surface area (TPSA) is 58.7 Å². The van der Waals surface area contributed by atoms with Crippen LogP contribution in [0.5, 0.6) is 0 Å². The molecule has 1 saturated heterocycles. The van der Waals surface area contributed by atoms with Crippen molar-refractivity contribution in [1.29, 1.82) is 0 Å². The molecule has 4 heteroatoms. The molecule has 0 aromatic rings. The smallest absolute Gasteiger partial charge is 0.0702 e. The van der Waals surface area contributed by atoms with Crippen molar-refractivity contribution in [1.82, 2.24) is 4.90 Å². The summed E-state index contributed by atoms with van der Waals surface area (Å²) >= 11 is 0. The number of nitrogens with two attached hydrogens (primary N) is 1. The Morgan fingerprint density at radius 2 is 2.28 bits per heavy atom. The van der Waals surface area contributed by atoms with Crippen molar-refractivity contribution >= 4 is 0 Å². The van der Waals surface area contributed by atoms with E-state index in [0.29, 0.717) is 12.1 Å². The Bertz CT molecular complexity index is 262. The molecule has 0 amide bonds. The molecule has 106 valence electrons. The van der Waals surface area contributed by atoms with Crippen LogP contribution in [0.2, 0.25) is 0 Å². The predicted molar refractivity (Wildman–Crippen MR) is 72.5 cm³/mol. The van der Waals surface area contributed by atoms with Gasteiger partial charge in [0.25, 0.3) is 0 Å². The molecule has 1 saturated carbocycles. The summed E-state index contributed by atoms with van der Waals surface area (Å²) in [6.45, 7) is 5.36. The average molecular weight is 256 g/mol. The summed E-state index contributed by atoms with van der Waals surface area (Å²) in [7, 11) is 0. The van der Waals surface area contributed by atoms with Crippen LogP contribution in [0.15, 0.2) is 0 Å². The van der Waals surface area contributed by atoms with Gasteiger partial charge < -0.3 is 15.6 Å². The molecule has 0 spiro atoms. The van der Waals surface area contributed by atoms with E-state index < -0.39 is 0 Å². The van der Waals surface area contributed by atoms with Crippen LogP contribution in [0, 0.1) is 0 Å². The molecule has 0 aromatic heterocycles. The number of rotatable bonds is 5. The van der Waals surface area contributed by atoms with Gasteiger partial charge in [0.05, 0.1) is 12.7 Å². The summed E-state index contributed by atoms with van der Waals surface area (Å²) in [6, 6.07) is 0.551. The third-order valence-electron chi connectivity index (χ3n) is 4.42. The Morgan fingerprint density at radius 3 is 2.94 bits per heavy atom. The van der Waals surface area contributed by atoms with Crippen molar-refractivity contribution in [2.75, 3.05) is 26.3 Å². The van der Waals surface area contributed by atoms with Gasteiger partial charge in [-0.15, -0.1) is 0 Å². The Morgan fingerprint density at radius 1 is 1.44 bits per heavy atom. The number of aliphatic hydroxyl groups is 1. The van der Waals surface area contributed by atoms with Crippen LogP contribution in [-0.4, -0.2) is 54.0 Å². The zero-order valence-electron chi connectivity index (χ0n) is 11.6. The molecule has 2 aliphatic rings. The van der Waals surface area contributed by atoms with Crippen LogP contribution in [0.4, 0.5) is 0 Å². The Kier molecular flexibility index (Phi) is 5.01. The summed E-state index contributed by atoms with van der Waals surface area (Å²) in [5.41, 5.74) is 5.83. The Balaban J connectivity index is 1.82. The highest BCUT2D eigenvalue weighted by atomic mass is 16.5. The summed E-state index contributed by atoms with van der Waals surface area (Å²) < 4.78 is 5.88. The zero-order chi connectivity index (χ0) is 13.0. The summed E-state index contributed by atoms with van der Waals surface area (Å²) in [5.74, 6) is 0. The van der Waals surface area contributed by atoms with E-state index in [1.54, 1.807) is 0 Å². The summed E-state index contributed by atoms with van der Waals surface area (Å²) in [6.07, 6.45) is 6.92. The van der Waals surface area contributed by atoms with Crippen molar-refractivity contribution in [3.05, 3.63) is 0 Å². The molecular weight excluding hydrogens is 228 g/mol. The normalized spacial score (nSPS) is 38.2. The summed E-state index contributed by atoms with van der Waals surface area (Å²) in [5, 5.41) is 9.34.